The van der Waals surface area contributed by atoms with Crippen molar-refractivity contribution in [2.75, 3.05) is 35.8 Å². The predicted octanol–water partition coefficient (Wildman–Crippen LogP) is 3.67. The van der Waals surface area contributed by atoms with E-state index in [0.29, 0.717) is 22.5 Å². The average molecular weight is 500 g/mol. The summed E-state index contributed by atoms with van der Waals surface area (Å²) in [7, 11) is -3.85. The number of aromatic nitrogens is 1. The van der Waals surface area contributed by atoms with E-state index in [0.717, 1.165) is 57.4 Å². The van der Waals surface area contributed by atoms with Gasteiger partial charge in [0.15, 0.2) is 0 Å². The number of carbonyl (C=O) groups excluding carboxylic acids is 1. The van der Waals surface area contributed by atoms with Crippen molar-refractivity contribution in [1.82, 2.24) is 15.6 Å². The Morgan fingerprint density at radius 2 is 1.63 bits per heavy atom. The lowest BCUT2D eigenvalue weighted by Crippen LogP contribution is -2.45. The second-order valence-electron chi connectivity index (χ2n) is 9.83. The molecule has 0 bridgehead atoms. The van der Waals surface area contributed by atoms with Crippen LogP contribution in [0.15, 0.2) is 29.3 Å². The van der Waals surface area contributed by atoms with Crippen LogP contribution in [-0.4, -0.2) is 51.5 Å². The van der Waals surface area contributed by atoms with Gasteiger partial charge in [0, 0.05) is 32.2 Å². The van der Waals surface area contributed by atoms with Gasteiger partial charge in [-0.1, -0.05) is 43.4 Å². The number of pyridine rings is 1. The van der Waals surface area contributed by atoms with Crippen molar-refractivity contribution in [3.8, 4) is 0 Å². The molecule has 2 aliphatic rings. The molecule has 8 nitrogen and oxygen atoms in total. The minimum atomic E-state index is -3.85. The third-order valence-corrected chi connectivity index (χ3v) is 8.53. The summed E-state index contributed by atoms with van der Waals surface area (Å²) < 4.78 is 29.3. The third kappa shape index (κ3) is 6.13. The van der Waals surface area contributed by atoms with E-state index in [1.165, 1.54) is 19.0 Å². The second kappa shape index (κ2) is 11.0. The molecular formula is C26H37N5O3S. The standard InChI is InChI=1S/C26H37N5O3S/c1-18-14-19(2)24(20(3)15-18)35(33,34)30-22-16-23(25(28-17-22)31-12-10-27-11-13-31)26(32)29-21-8-6-4-5-7-9-21/h14-17,21,27,30H,4-13H2,1-3H3,(H,29,32). The Kier molecular flexibility index (Phi) is 7.96. The van der Waals surface area contributed by atoms with Gasteiger partial charge in [-0.25, -0.2) is 13.4 Å². The molecule has 0 spiro atoms. The number of benzene rings is 1. The van der Waals surface area contributed by atoms with Crippen LogP contribution >= 0.6 is 0 Å². The van der Waals surface area contributed by atoms with Crippen molar-refractivity contribution < 1.29 is 13.2 Å². The fourth-order valence-electron chi connectivity index (χ4n) is 5.29. The van der Waals surface area contributed by atoms with Crippen molar-refractivity contribution in [2.24, 2.45) is 0 Å². The van der Waals surface area contributed by atoms with Gasteiger partial charge < -0.3 is 15.5 Å². The van der Waals surface area contributed by atoms with Crippen LogP contribution in [-0.2, 0) is 10.0 Å². The van der Waals surface area contributed by atoms with E-state index in [9.17, 15) is 13.2 Å². The van der Waals surface area contributed by atoms with E-state index in [1.54, 1.807) is 19.9 Å². The summed E-state index contributed by atoms with van der Waals surface area (Å²) in [5.41, 5.74) is 3.08. The number of nitrogens with zero attached hydrogens (tertiary/aromatic N) is 2. The van der Waals surface area contributed by atoms with Crippen molar-refractivity contribution in [2.45, 2.75) is 70.2 Å². The SMILES string of the molecule is Cc1cc(C)c(S(=O)(=O)Nc2cnc(N3CCNCC3)c(C(=O)NC3CCCCCC3)c2)c(C)c1. The molecule has 0 radical (unpaired) electrons. The van der Waals surface area contributed by atoms with Gasteiger partial charge in [0.05, 0.1) is 22.3 Å². The van der Waals surface area contributed by atoms with E-state index in [2.05, 4.69) is 25.2 Å². The molecule has 2 fully saturated rings. The number of hydrogen-bond donors (Lipinski definition) is 3. The summed E-state index contributed by atoms with van der Waals surface area (Å²) in [5.74, 6) is 0.407. The Bertz CT molecular complexity index is 1140. The number of hydrogen-bond acceptors (Lipinski definition) is 6. The maximum Gasteiger partial charge on any atom is 0.262 e. The topological polar surface area (TPSA) is 103 Å². The zero-order valence-electron chi connectivity index (χ0n) is 21.0. The van der Waals surface area contributed by atoms with Crippen LogP contribution in [0.3, 0.4) is 0 Å². The molecule has 0 unspecified atom stereocenters. The van der Waals surface area contributed by atoms with Crippen LogP contribution in [0.1, 0.15) is 65.6 Å². The number of rotatable bonds is 6. The van der Waals surface area contributed by atoms with Gasteiger partial charge in [-0.15, -0.1) is 0 Å². The van der Waals surface area contributed by atoms with E-state index in [-0.39, 0.29) is 22.5 Å². The predicted molar refractivity (Wildman–Crippen MR) is 140 cm³/mol. The first-order chi connectivity index (χ1) is 16.7. The lowest BCUT2D eigenvalue weighted by molar-refractivity contribution is 0.0933. The second-order valence-corrected chi connectivity index (χ2v) is 11.4. The van der Waals surface area contributed by atoms with Crippen molar-refractivity contribution >= 4 is 27.4 Å². The fraction of sp³-hybridized carbons (Fsp3) is 0.538. The van der Waals surface area contributed by atoms with Crippen molar-refractivity contribution in [3.05, 3.63) is 46.6 Å². The first kappa shape index (κ1) is 25.4. The van der Waals surface area contributed by atoms with Gasteiger partial charge in [-0.3, -0.25) is 9.52 Å². The molecule has 1 aromatic heterocycles. The Hall–Kier alpha value is -2.65. The van der Waals surface area contributed by atoms with Gasteiger partial charge >= 0.3 is 0 Å². The summed E-state index contributed by atoms with van der Waals surface area (Å²) in [6.07, 6.45) is 8.09. The lowest BCUT2D eigenvalue weighted by atomic mass is 10.1. The molecule has 9 heteroatoms. The number of piperazine rings is 1. The van der Waals surface area contributed by atoms with Gasteiger partial charge in [0.1, 0.15) is 5.82 Å². The normalized spacial score (nSPS) is 17.6. The third-order valence-electron chi connectivity index (χ3n) is 6.84. The zero-order valence-corrected chi connectivity index (χ0v) is 21.8. The largest absolute Gasteiger partial charge is 0.353 e. The van der Waals surface area contributed by atoms with Gasteiger partial charge in [0.25, 0.3) is 15.9 Å². The molecule has 1 saturated heterocycles. The van der Waals surface area contributed by atoms with Gasteiger partial charge in [0.2, 0.25) is 0 Å². The highest BCUT2D eigenvalue weighted by Crippen LogP contribution is 2.27. The van der Waals surface area contributed by atoms with E-state index in [1.807, 2.05) is 19.1 Å². The average Bonchev–Trinajstić information content (AvgIpc) is 3.07. The Morgan fingerprint density at radius 1 is 1.00 bits per heavy atom. The molecule has 2 heterocycles. The number of amides is 1. The van der Waals surface area contributed by atoms with E-state index >= 15 is 0 Å². The van der Waals surface area contributed by atoms with Crippen LogP contribution in [0.4, 0.5) is 11.5 Å². The smallest absolute Gasteiger partial charge is 0.262 e. The summed E-state index contributed by atoms with van der Waals surface area (Å²) in [5, 5.41) is 6.52. The number of nitrogens with one attached hydrogen (secondary N) is 3. The molecule has 190 valence electrons. The number of sulfonamides is 1. The van der Waals surface area contributed by atoms with Crippen molar-refractivity contribution in [3.63, 3.8) is 0 Å². The van der Waals surface area contributed by atoms with Crippen molar-refractivity contribution in [1.29, 1.82) is 0 Å². The maximum atomic E-state index is 13.5. The molecule has 35 heavy (non-hydrogen) atoms. The van der Waals surface area contributed by atoms with Crippen LogP contribution in [0.5, 0.6) is 0 Å². The Balaban J connectivity index is 1.65. The van der Waals surface area contributed by atoms with E-state index in [4.69, 9.17) is 0 Å². The fourth-order valence-corrected chi connectivity index (χ4v) is 6.78. The lowest BCUT2D eigenvalue weighted by Gasteiger charge is -2.30. The molecule has 1 amide bonds. The maximum absolute atomic E-state index is 13.5. The molecule has 0 atom stereocenters. The minimum absolute atomic E-state index is 0.138. The molecule has 4 rings (SSSR count). The highest BCUT2D eigenvalue weighted by molar-refractivity contribution is 7.92. The molecule has 1 aliphatic heterocycles. The summed E-state index contributed by atoms with van der Waals surface area (Å²) >= 11 is 0. The highest BCUT2D eigenvalue weighted by atomic mass is 32.2. The summed E-state index contributed by atoms with van der Waals surface area (Å²) in [4.78, 5) is 20.4. The molecule has 1 saturated carbocycles. The van der Waals surface area contributed by atoms with Gasteiger partial charge in [-0.05, 0) is 50.8 Å². The number of anilines is 2. The van der Waals surface area contributed by atoms with Crippen LogP contribution in [0.2, 0.25) is 0 Å². The first-order valence-electron chi connectivity index (χ1n) is 12.6. The summed E-state index contributed by atoms with van der Waals surface area (Å²) in [6, 6.07) is 5.49. The Labute approximate surface area is 209 Å². The zero-order chi connectivity index (χ0) is 25.0. The van der Waals surface area contributed by atoms with E-state index < -0.39 is 10.0 Å². The summed E-state index contributed by atoms with van der Waals surface area (Å²) in [6.45, 7) is 8.64. The molecular weight excluding hydrogens is 462 g/mol. The first-order valence-corrected chi connectivity index (χ1v) is 14.1. The monoisotopic (exact) mass is 499 g/mol. The quantitative estimate of drug-likeness (QED) is 0.524. The molecule has 2 aromatic rings. The number of carbonyl (C=O) groups is 1. The minimum Gasteiger partial charge on any atom is -0.353 e. The highest BCUT2D eigenvalue weighted by Gasteiger charge is 2.25. The Morgan fingerprint density at radius 3 is 2.26 bits per heavy atom. The van der Waals surface area contributed by atoms with Crippen LogP contribution in [0.25, 0.3) is 0 Å². The molecule has 1 aromatic carbocycles. The van der Waals surface area contributed by atoms with Gasteiger partial charge in [-0.2, -0.15) is 0 Å². The molecule has 3 N–H and O–H groups in total. The number of aryl methyl sites for hydroxylation is 3. The molecule has 1 aliphatic carbocycles. The van der Waals surface area contributed by atoms with Crippen LogP contribution < -0.4 is 20.3 Å². The van der Waals surface area contributed by atoms with Crippen LogP contribution in [0, 0.1) is 20.8 Å².